The average Bonchev–Trinajstić information content (AvgIpc) is 2.29. The van der Waals surface area contributed by atoms with Crippen LogP contribution in [0, 0.1) is 0 Å². The van der Waals surface area contributed by atoms with Crippen molar-refractivity contribution in [2.45, 2.75) is 34.6 Å². The number of carbonyl (C=O) groups excluding carboxylic acids is 2. The van der Waals surface area contributed by atoms with Gasteiger partial charge in [-0.25, -0.2) is 4.79 Å². The molecule has 0 aromatic rings. The first-order valence-corrected chi connectivity index (χ1v) is 5.00. The zero-order valence-corrected chi connectivity index (χ0v) is 12.0. The smallest absolute Gasteiger partial charge is 0.469 e. The van der Waals surface area contributed by atoms with Crippen LogP contribution in [0.2, 0.25) is 0 Å². The first-order valence-electron chi connectivity index (χ1n) is 5.00. The van der Waals surface area contributed by atoms with Crippen LogP contribution in [-0.2, 0) is 19.0 Å². The lowest BCUT2D eigenvalue weighted by Gasteiger charge is -1.89. The highest BCUT2D eigenvalue weighted by Gasteiger charge is 1.88. The van der Waals surface area contributed by atoms with E-state index in [0.717, 1.165) is 0 Å². The lowest BCUT2D eigenvalue weighted by molar-refractivity contribution is -0.137. The van der Waals surface area contributed by atoms with E-state index in [-0.39, 0.29) is 5.97 Å². The van der Waals surface area contributed by atoms with Crippen LogP contribution >= 0.6 is 0 Å². The Hall–Kier alpha value is -1.52. The number of ether oxygens (including phenoxy) is 3. The predicted molar refractivity (Wildman–Crippen MR) is 66.8 cm³/mol. The SMILES string of the molecule is CC(C)=C(C)C.COC(=O)OC.COC(C)=O. The minimum Gasteiger partial charge on any atom is -0.469 e. The van der Waals surface area contributed by atoms with E-state index in [2.05, 4.69) is 41.9 Å². The Morgan fingerprint density at radius 1 is 0.647 bits per heavy atom. The third-order valence-corrected chi connectivity index (χ3v) is 1.62. The summed E-state index contributed by atoms with van der Waals surface area (Å²) >= 11 is 0. The number of carbonyl (C=O) groups is 2. The van der Waals surface area contributed by atoms with Gasteiger partial charge in [0.05, 0.1) is 21.3 Å². The Labute approximate surface area is 104 Å². The summed E-state index contributed by atoms with van der Waals surface area (Å²) in [5, 5.41) is 0. The molecule has 0 aromatic heterocycles. The molecule has 17 heavy (non-hydrogen) atoms. The van der Waals surface area contributed by atoms with Crippen LogP contribution in [-0.4, -0.2) is 33.5 Å². The number of hydrogen-bond acceptors (Lipinski definition) is 5. The first-order chi connectivity index (χ1) is 7.72. The zero-order valence-electron chi connectivity index (χ0n) is 12.0. The van der Waals surface area contributed by atoms with Gasteiger partial charge in [-0.2, -0.15) is 0 Å². The molecule has 0 fully saturated rings. The quantitative estimate of drug-likeness (QED) is 0.487. The van der Waals surface area contributed by atoms with E-state index in [4.69, 9.17) is 0 Å². The molecule has 0 unspecified atom stereocenters. The second-order valence-corrected chi connectivity index (χ2v) is 3.35. The molecular weight excluding hydrogens is 224 g/mol. The second kappa shape index (κ2) is 14.5. The maximum absolute atomic E-state index is 9.74. The summed E-state index contributed by atoms with van der Waals surface area (Å²) in [4.78, 5) is 19.3. The van der Waals surface area contributed by atoms with Crippen LogP contribution in [0.3, 0.4) is 0 Å². The van der Waals surface area contributed by atoms with Gasteiger partial charge < -0.3 is 14.2 Å². The van der Waals surface area contributed by atoms with Crippen LogP contribution in [0.5, 0.6) is 0 Å². The van der Waals surface area contributed by atoms with Crippen molar-refractivity contribution in [3.8, 4) is 0 Å². The molecule has 0 bridgehead atoms. The summed E-state index contributed by atoms with van der Waals surface area (Å²) in [5.74, 6) is -0.245. The van der Waals surface area contributed by atoms with Gasteiger partial charge in [-0.05, 0) is 27.7 Å². The van der Waals surface area contributed by atoms with Crippen molar-refractivity contribution in [1.29, 1.82) is 0 Å². The van der Waals surface area contributed by atoms with Crippen LogP contribution in [0.1, 0.15) is 34.6 Å². The van der Waals surface area contributed by atoms with E-state index in [1.165, 1.54) is 39.4 Å². The second-order valence-electron chi connectivity index (χ2n) is 3.35. The average molecular weight is 248 g/mol. The molecule has 0 aliphatic heterocycles. The molecule has 5 nitrogen and oxygen atoms in total. The van der Waals surface area contributed by atoms with Gasteiger partial charge in [0.25, 0.3) is 0 Å². The molecule has 0 saturated heterocycles. The number of esters is 1. The molecule has 0 spiro atoms. The molecular formula is C12H24O5. The number of methoxy groups -OCH3 is 3. The fourth-order valence-corrected chi connectivity index (χ4v) is 0.0833. The summed E-state index contributed by atoms with van der Waals surface area (Å²) in [6.07, 6.45) is -0.657. The minimum absolute atomic E-state index is 0.245. The molecule has 0 N–H and O–H groups in total. The van der Waals surface area contributed by atoms with Gasteiger partial charge in [-0.1, -0.05) is 11.1 Å². The Morgan fingerprint density at radius 3 is 0.882 bits per heavy atom. The molecule has 0 aliphatic carbocycles. The van der Waals surface area contributed by atoms with E-state index in [1.54, 1.807) is 0 Å². The Morgan fingerprint density at radius 2 is 0.882 bits per heavy atom. The van der Waals surface area contributed by atoms with Crippen molar-refractivity contribution in [3.63, 3.8) is 0 Å². The van der Waals surface area contributed by atoms with Crippen LogP contribution in [0.4, 0.5) is 4.79 Å². The highest BCUT2D eigenvalue weighted by atomic mass is 16.7. The highest BCUT2D eigenvalue weighted by molar-refractivity contribution is 5.65. The normalized spacial score (nSPS) is 7.29. The summed E-state index contributed by atoms with van der Waals surface area (Å²) < 4.78 is 12.2. The van der Waals surface area contributed by atoms with Gasteiger partial charge in [0, 0.05) is 6.92 Å². The number of rotatable bonds is 0. The fraction of sp³-hybridized carbons (Fsp3) is 0.667. The molecule has 0 atom stereocenters. The Kier molecular flexibility index (Phi) is 17.8. The summed E-state index contributed by atoms with van der Waals surface area (Å²) in [7, 11) is 3.86. The molecule has 0 radical (unpaired) electrons. The van der Waals surface area contributed by atoms with Crippen molar-refractivity contribution in [2.75, 3.05) is 21.3 Å². The van der Waals surface area contributed by atoms with Gasteiger partial charge in [-0.15, -0.1) is 0 Å². The summed E-state index contributed by atoms with van der Waals surface area (Å²) in [6.45, 7) is 9.84. The Bertz CT molecular complexity index is 219. The zero-order chi connectivity index (χ0) is 14.4. The van der Waals surface area contributed by atoms with Gasteiger partial charge in [0.2, 0.25) is 0 Å². The molecule has 0 rings (SSSR count). The van der Waals surface area contributed by atoms with Crippen molar-refractivity contribution < 1.29 is 23.8 Å². The lowest BCUT2D eigenvalue weighted by atomic mass is 10.2. The van der Waals surface area contributed by atoms with Gasteiger partial charge in [0.15, 0.2) is 0 Å². The lowest BCUT2D eigenvalue weighted by Crippen LogP contribution is -1.97. The number of hydrogen-bond donors (Lipinski definition) is 0. The first kappa shape index (κ1) is 20.8. The van der Waals surface area contributed by atoms with E-state index in [0.29, 0.717) is 0 Å². The van der Waals surface area contributed by atoms with Crippen LogP contribution in [0.15, 0.2) is 11.1 Å². The van der Waals surface area contributed by atoms with Gasteiger partial charge in [-0.3, -0.25) is 4.79 Å². The summed E-state index contributed by atoms with van der Waals surface area (Å²) in [5.41, 5.74) is 2.85. The van der Waals surface area contributed by atoms with Crippen LogP contribution < -0.4 is 0 Å². The predicted octanol–water partition coefficient (Wildman–Crippen LogP) is 2.94. The molecule has 102 valence electrons. The van der Waals surface area contributed by atoms with E-state index >= 15 is 0 Å². The standard InChI is InChI=1S/C6H12.C3H6O3.C3H6O2/c1-5(2)6(3)4;1-5-3(4)6-2;1-3(4)5-2/h1-4H3;1-2H3;1-2H3. The number of allylic oxidation sites excluding steroid dienone is 2. The van der Waals surface area contributed by atoms with E-state index in [1.807, 2.05) is 0 Å². The molecule has 0 saturated carbocycles. The summed E-state index contributed by atoms with van der Waals surface area (Å²) in [6, 6.07) is 0. The van der Waals surface area contributed by atoms with E-state index < -0.39 is 6.16 Å². The topological polar surface area (TPSA) is 61.8 Å². The molecule has 0 aliphatic rings. The largest absolute Gasteiger partial charge is 0.507 e. The van der Waals surface area contributed by atoms with Gasteiger partial charge >= 0.3 is 12.1 Å². The maximum Gasteiger partial charge on any atom is 0.507 e. The van der Waals surface area contributed by atoms with Crippen molar-refractivity contribution in [2.24, 2.45) is 0 Å². The minimum atomic E-state index is -0.657. The molecule has 0 heterocycles. The highest BCUT2D eigenvalue weighted by Crippen LogP contribution is 1.96. The molecule has 0 amide bonds. The molecule has 5 heteroatoms. The Balaban J connectivity index is -0.000000174. The van der Waals surface area contributed by atoms with Crippen molar-refractivity contribution >= 4 is 12.1 Å². The maximum atomic E-state index is 9.74. The fourth-order valence-electron chi connectivity index (χ4n) is 0.0833. The van der Waals surface area contributed by atoms with Crippen LogP contribution in [0.25, 0.3) is 0 Å². The monoisotopic (exact) mass is 248 g/mol. The third-order valence-electron chi connectivity index (χ3n) is 1.62. The molecule has 0 aromatic carbocycles. The van der Waals surface area contributed by atoms with Gasteiger partial charge in [0.1, 0.15) is 0 Å². The third kappa shape index (κ3) is 31.4. The van der Waals surface area contributed by atoms with Crippen molar-refractivity contribution in [3.05, 3.63) is 11.1 Å². The van der Waals surface area contributed by atoms with Crippen molar-refractivity contribution in [1.82, 2.24) is 0 Å². The van der Waals surface area contributed by atoms with E-state index in [9.17, 15) is 9.59 Å².